The Morgan fingerprint density at radius 2 is 0.850 bits per heavy atom. The molecule has 0 saturated heterocycles. The molecule has 4 fully saturated rings. The van der Waals surface area contributed by atoms with E-state index in [1.807, 2.05) is 0 Å². The van der Waals surface area contributed by atoms with Crippen molar-refractivity contribution in [1.82, 2.24) is 0 Å². The zero-order chi connectivity index (χ0) is 28.5. The maximum absolute atomic E-state index is 14.5. The van der Waals surface area contributed by atoms with E-state index in [1.54, 1.807) is 60.7 Å². The summed E-state index contributed by atoms with van der Waals surface area (Å²) in [5, 5.41) is 0. The van der Waals surface area contributed by atoms with Crippen LogP contribution in [0.3, 0.4) is 0 Å². The molecule has 40 heavy (non-hydrogen) atoms. The average Bonchev–Trinajstić information content (AvgIpc) is 3.85. The van der Waals surface area contributed by atoms with Crippen molar-refractivity contribution in [3.8, 4) is 0 Å². The van der Waals surface area contributed by atoms with Crippen molar-refractivity contribution < 1.29 is 44.6 Å². The summed E-state index contributed by atoms with van der Waals surface area (Å²) in [5.41, 5.74) is 1.51. The predicted octanol–water partition coefficient (Wildman–Crippen LogP) is 7.50. The lowest BCUT2D eigenvalue weighted by atomic mass is 10.1. The summed E-state index contributed by atoms with van der Waals surface area (Å²) in [6.07, 6.45) is 1.67. The van der Waals surface area contributed by atoms with Gasteiger partial charge in [0, 0.05) is 23.7 Å². The van der Waals surface area contributed by atoms with Crippen LogP contribution in [0.25, 0.3) is 0 Å². The Bertz CT molecular complexity index is 1140. The Labute approximate surface area is 226 Å². The molecule has 0 bridgehead atoms. The van der Waals surface area contributed by atoms with Crippen molar-refractivity contribution in [3.05, 3.63) is 83.9 Å². The predicted molar refractivity (Wildman–Crippen MR) is 129 cm³/mol. The van der Waals surface area contributed by atoms with Gasteiger partial charge in [0.2, 0.25) is 0 Å². The molecule has 2 aromatic carbocycles. The summed E-state index contributed by atoms with van der Waals surface area (Å²) in [4.78, 5) is 0. The van der Waals surface area contributed by atoms with E-state index in [2.05, 4.69) is 0 Å². The first-order valence-corrected chi connectivity index (χ1v) is 13.3. The standard InChI is InChI=1S/C30H28F8O2/c31-27(32)19(23(27)25-21(29(25,35)36)15-39-13-17-7-3-1-4-8-17)11-12-20-24(28(20,33)34)26-22(30(26,37)38)16-40-14-18-9-5-2-6-10-18/h1-12,19-26H,13-16H2/b12-11+/t19-,20-,21+,22+,23+,24+,25-,26-/m0/s1. The van der Waals surface area contributed by atoms with Crippen LogP contribution in [0.5, 0.6) is 0 Å². The fraction of sp³-hybridized carbons (Fsp3) is 0.533. The molecular formula is C30H28F8O2. The molecule has 0 unspecified atom stereocenters. The lowest BCUT2D eigenvalue weighted by Gasteiger charge is -2.03. The van der Waals surface area contributed by atoms with Crippen LogP contribution in [0.2, 0.25) is 0 Å². The molecule has 10 heteroatoms. The number of hydrogen-bond donors (Lipinski definition) is 0. The normalized spacial score (nSPS) is 37.3. The largest absolute Gasteiger partial charge is 0.376 e. The molecule has 2 nitrogen and oxygen atoms in total. The number of allylic oxidation sites excluding steroid dienone is 2. The van der Waals surface area contributed by atoms with Gasteiger partial charge in [0.25, 0.3) is 23.7 Å². The van der Waals surface area contributed by atoms with Crippen molar-refractivity contribution in [1.29, 1.82) is 0 Å². The highest BCUT2D eigenvalue weighted by molar-refractivity contribution is 5.30. The minimum absolute atomic E-state index is 0.0623. The molecule has 0 aliphatic heterocycles. The van der Waals surface area contributed by atoms with Gasteiger partial charge in [0.05, 0.1) is 50.1 Å². The van der Waals surface area contributed by atoms with Gasteiger partial charge in [-0.15, -0.1) is 0 Å². The van der Waals surface area contributed by atoms with E-state index in [0.29, 0.717) is 0 Å². The Hall–Kier alpha value is -2.46. The van der Waals surface area contributed by atoms with Gasteiger partial charge in [-0.2, -0.15) is 0 Å². The summed E-state index contributed by atoms with van der Waals surface area (Å²) in [5.74, 6) is -26.3. The van der Waals surface area contributed by atoms with Gasteiger partial charge in [0.15, 0.2) is 0 Å². The van der Waals surface area contributed by atoms with Gasteiger partial charge in [-0.3, -0.25) is 0 Å². The van der Waals surface area contributed by atoms with Crippen LogP contribution >= 0.6 is 0 Å². The molecule has 0 spiro atoms. The van der Waals surface area contributed by atoms with E-state index in [9.17, 15) is 35.1 Å². The molecule has 4 aliphatic carbocycles. The zero-order valence-electron chi connectivity index (χ0n) is 21.2. The first kappa shape index (κ1) is 27.7. The van der Waals surface area contributed by atoms with Crippen molar-refractivity contribution in [2.75, 3.05) is 13.2 Å². The average molecular weight is 573 g/mol. The minimum atomic E-state index is -3.48. The van der Waals surface area contributed by atoms with Gasteiger partial charge in [-0.25, -0.2) is 35.1 Å². The Balaban J connectivity index is 1.03. The molecule has 0 amide bonds. The van der Waals surface area contributed by atoms with Crippen molar-refractivity contribution in [3.63, 3.8) is 0 Å². The fourth-order valence-corrected chi connectivity index (χ4v) is 6.41. The number of rotatable bonds is 12. The molecular weight excluding hydrogens is 544 g/mol. The molecule has 4 aliphatic rings. The van der Waals surface area contributed by atoms with Crippen LogP contribution in [0.1, 0.15) is 11.1 Å². The lowest BCUT2D eigenvalue weighted by Crippen LogP contribution is -2.03. The Kier molecular flexibility index (Phi) is 6.61. The van der Waals surface area contributed by atoms with Crippen molar-refractivity contribution >= 4 is 0 Å². The van der Waals surface area contributed by atoms with Crippen LogP contribution < -0.4 is 0 Å². The lowest BCUT2D eigenvalue weighted by molar-refractivity contribution is 0.0388. The highest BCUT2D eigenvalue weighted by atomic mass is 19.3. The zero-order valence-corrected chi connectivity index (χ0v) is 21.2. The second-order valence-corrected chi connectivity index (χ2v) is 11.5. The third kappa shape index (κ3) is 4.74. The molecule has 0 aromatic heterocycles. The summed E-state index contributed by atoms with van der Waals surface area (Å²) in [6, 6.07) is 17.6. The molecule has 0 radical (unpaired) electrons. The van der Waals surface area contributed by atoms with Gasteiger partial charge >= 0.3 is 0 Å². The third-order valence-electron chi connectivity index (χ3n) is 8.98. The monoisotopic (exact) mass is 572 g/mol. The van der Waals surface area contributed by atoms with E-state index >= 15 is 0 Å². The first-order chi connectivity index (χ1) is 18.9. The van der Waals surface area contributed by atoms with E-state index in [0.717, 1.165) is 23.3 Å². The Morgan fingerprint density at radius 1 is 0.500 bits per heavy atom. The van der Waals surface area contributed by atoms with E-state index in [1.165, 1.54) is 0 Å². The second-order valence-electron chi connectivity index (χ2n) is 11.5. The summed E-state index contributed by atoms with van der Waals surface area (Å²) < 4.78 is 126. The highest BCUT2D eigenvalue weighted by Gasteiger charge is 2.85. The molecule has 4 saturated carbocycles. The summed E-state index contributed by atoms with van der Waals surface area (Å²) in [6.45, 7) is -0.675. The number of benzene rings is 2. The fourth-order valence-electron chi connectivity index (χ4n) is 6.41. The molecule has 8 atom stereocenters. The maximum Gasteiger partial charge on any atom is 0.258 e. The topological polar surface area (TPSA) is 18.5 Å². The minimum Gasteiger partial charge on any atom is -0.376 e. The molecule has 2 aromatic rings. The van der Waals surface area contributed by atoms with Gasteiger partial charge in [-0.1, -0.05) is 72.8 Å². The van der Waals surface area contributed by atoms with Crippen LogP contribution in [0.4, 0.5) is 35.1 Å². The number of halogens is 8. The summed E-state index contributed by atoms with van der Waals surface area (Å²) >= 11 is 0. The summed E-state index contributed by atoms with van der Waals surface area (Å²) in [7, 11) is 0. The number of hydrogen-bond acceptors (Lipinski definition) is 2. The number of alkyl halides is 8. The molecule has 0 heterocycles. The molecule has 6 rings (SSSR count). The van der Waals surface area contributed by atoms with Gasteiger partial charge < -0.3 is 9.47 Å². The molecule has 0 N–H and O–H groups in total. The number of ether oxygens (including phenoxy) is 2. The van der Waals surface area contributed by atoms with E-state index in [4.69, 9.17) is 9.47 Å². The smallest absolute Gasteiger partial charge is 0.258 e. The quantitative estimate of drug-likeness (QED) is 0.194. The van der Waals surface area contributed by atoms with Crippen molar-refractivity contribution in [2.24, 2.45) is 47.3 Å². The Morgan fingerprint density at radius 3 is 1.20 bits per heavy atom. The first-order valence-electron chi connectivity index (χ1n) is 13.3. The van der Waals surface area contributed by atoms with E-state index in [-0.39, 0.29) is 13.2 Å². The van der Waals surface area contributed by atoms with Crippen LogP contribution in [-0.4, -0.2) is 36.9 Å². The SMILES string of the molecule is FC1(F)[C@H]([C@H]2[C@H](/C=C/[C@H]3[C@H]([C@@H]4[C@@H](COCc5ccccc5)C4(F)F)C3(F)F)C2(F)F)[C@H]1COCc1ccccc1. The van der Waals surface area contributed by atoms with Gasteiger partial charge in [-0.05, 0) is 11.1 Å². The van der Waals surface area contributed by atoms with Gasteiger partial charge in [0.1, 0.15) is 0 Å². The van der Waals surface area contributed by atoms with Crippen molar-refractivity contribution in [2.45, 2.75) is 36.9 Å². The van der Waals surface area contributed by atoms with E-state index < -0.39 is 84.2 Å². The highest BCUT2D eigenvalue weighted by Crippen LogP contribution is 2.75. The van der Waals surface area contributed by atoms with Crippen LogP contribution in [0.15, 0.2) is 72.8 Å². The molecule has 216 valence electrons. The van der Waals surface area contributed by atoms with Crippen LogP contribution in [0, 0.1) is 47.3 Å². The second kappa shape index (κ2) is 9.54. The third-order valence-corrected chi connectivity index (χ3v) is 8.98. The maximum atomic E-state index is 14.5. The van der Waals surface area contributed by atoms with Crippen LogP contribution in [-0.2, 0) is 22.7 Å².